The van der Waals surface area contributed by atoms with Crippen LogP contribution in [0.15, 0.2) is 82.6 Å². The zero-order valence-electron chi connectivity index (χ0n) is 21.4. The van der Waals surface area contributed by atoms with Gasteiger partial charge in [0.2, 0.25) is 5.91 Å². The Hall–Kier alpha value is -3.71. The van der Waals surface area contributed by atoms with Crippen LogP contribution in [0.5, 0.6) is 11.5 Å². The lowest BCUT2D eigenvalue weighted by molar-refractivity contribution is -0.122. The number of benzene rings is 3. The molecule has 0 unspecified atom stereocenters. The molecule has 0 bridgehead atoms. The van der Waals surface area contributed by atoms with E-state index in [1.165, 1.54) is 11.8 Å². The number of nitrogens with zero attached hydrogens (tertiary/aromatic N) is 1. The lowest BCUT2D eigenvalue weighted by atomic mass is 10.1. The first-order valence-electron chi connectivity index (χ1n) is 12.4. The van der Waals surface area contributed by atoms with Crippen molar-refractivity contribution < 1.29 is 19.1 Å². The van der Waals surface area contributed by atoms with E-state index in [9.17, 15) is 9.59 Å². The number of nitrogens with one attached hydrogen (secondary N) is 1. The van der Waals surface area contributed by atoms with Gasteiger partial charge < -0.3 is 14.8 Å². The number of ether oxygens (including phenoxy) is 2. The van der Waals surface area contributed by atoms with Crippen LogP contribution in [0.1, 0.15) is 43.9 Å². The summed E-state index contributed by atoms with van der Waals surface area (Å²) in [7, 11) is 1.62. The Morgan fingerprint density at radius 2 is 1.73 bits per heavy atom. The minimum atomic E-state index is -0.227. The molecule has 1 atom stereocenters. The van der Waals surface area contributed by atoms with Gasteiger partial charge in [0, 0.05) is 4.90 Å². The maximum atomic E-state index is 13.5. The third-order valence-electron chi connectivity index (χ3n) is 6.07. The van der Waals surface area contributed by atoms with Crippen molar-refractivity contribution in [2.45, 2.75) is 37.6 Å². The first-order chi connectivity index (χ1) is 18.0. The van der Waals surface area contributed by atoms with E-state index in [4.69, 9.17) is 9.47 Å². The Kier molecular flexibility index (Phi) is 8.90. The van der Waals surface area contributed by atoms with E-state index in [1.807, 2.05) is 85.8 Å². The summed E-state index contributed by atoms with van der Waals surface area (Å²) in [5.41, 5.74) is 2.59. The highest BCUT2D eigenvalue weighted by molar-refractivity contribution is 8.04. The molecule has 1 aliphatic rings. The second kappa shape index (κ2) is 12.5. The summed E-state index contributed by atoms with van der Waals surface area (Å²) < 4.78 is 11.0. The molecule has 7 heteroatoms. The number of rotatable bonds is 10. The first kappa shape index (κ1) is 26.4. The van der Waals surface area contributed by atoms with Crippen LogP contribution in [0.25, 0.3) is 6.08 Å². The molecule has 6 nitrogen and oxygen atoms in total. The molecule has 4 rings (SSSR count). The number of hydrogen-bond acceptors (Lipinski definition) is 5. The highest BCUT2D eigenvalue weighted by Crippen LogP contribution is 2.42. The molecule has 37 heavy (non-hydrogen) atoms. The number of para-hydroxylation sites is 1. The Morgan fingerprint density at radius 3 is 2.43 bits per heavy atom. The van der Waals surface area contributed by atoms with Crippen molar-refractivity contribution in [2.75, 3.05) is 25.2 Å². The molecule has 0 spiro atoms. The summed E-state index contributed by atoms with van der Waals surface area (Å²) in [4.78, 5) is 29.6. The fourth-order valence-electron chi connectivity index (χ4n) is 3.97. The predicted molar refractivity (Wildman–Crippen MR) is 149 cm³/mol. The number of thioether (sulfide) groups is 1. The van der Waals surface area contributed by atoms with Crippen LogP contribution in [0.3, 0.4) is 0 Å². The number of unbranched alkanes of at least 4 members (excludes halogenated alkanes) is 1. The van der Waals surface area contributed by atoms with Crippen molar-refractivity contribution in [1.29, 1.82) is 0 Å². The largest absolute Gasteiger partial charge is 0.497 e. The van der Waals surface area contributed by atoms with E-state index in [1.54, 1.807) is 12.0 Å². The van der Waals surface area contributed by atoms with E-state index in [0.717, 1.165) is 46.1 Å². The Labute approximate surface area is 222 Å². The van der Waals surface area contributed by atoms with E-state index in [2.05, 4.69) is 12.2 Å². The van der Waals surface area contributed by atoms with Crippen LogP contribution < -0.4 is 19.7 Å². The molecular formula is C30H32N2O4S. The predicted octanol–water partition coefficient (Wildman–Crippen LogP) is 6.23. The van der Waals surface area contributed by atoms with Crippen LogP contribution in [-0.2, 0) is 9.59 Å². The molecule has 3 aromatic rings. The number of anilines is 1. The zero-order chi connectivity index (χ0) is 26.2. The first-order valence-corrected chi connectivity index (χ1v) is 13.3. The molecule has 1 N–H and O–H groups in total. The maximum absolute atomic E-state index is 13.5. The van der Waals surface area contributed by atoms with Crippen molar-refractivity contribution in [3.63, 3.8) is 0 Å². The topological polar surface area (TPSA) is 67.9 Å². The number of methoxy groups -OCH3 is 1. The fourth-order valence-corrected chi connectivity index (χ4v) is 5.03. The molecule has 0 fully saturated rings. The number of carbonyl (C=O) groups is 2. The Morgan fingerprint density at radius 1 is 1.03 bits per heavy atom. The summed E-state index contributed by atoms with van der Waals surface area (Å²) in [6.45, 7) is 4.69. The minimum absolute atomic E-state index is 0.0705. The average Bonchev–Trinajstić information content (AvgIpc) is 2.92. The lowest BCUT2D eigenvalue weighted by Crippen LogP contribution is -2.43. The number of amides is 2. The number of carbonyl (C=O) groups excluding carboxylic acids is 2. The van der Waals surface area contributed by atoms with Crippen molar-refractivity contribution in [3.05, 3.63) is 88.8 Å². The van der Waals surface area contributed by atoms with Gasteiger partial charge in [-0.25, -0.2) is 0 Å². The van der Waals surface area contributed by atoms with Gasteiger partial charge in [-0.05, 0) is 66.9 Å². The van der Waals surface area contributed by atoms with Crippen molar-refractivity contribution >= 4 is 35.3 Å². The van der Waals surface area contributed by atoms with Gasteiger partial charge in [-0.3, -0.25) is 14.5 Å². The van der Waals surface area contributed by atoms with Gasteiger partial charge in [0.05, 0.1) is 30.4 Å². The van der Waals surface area contributed by atoms with Gasteiger partial charge in [-0.1, -0.05) is 61.5 Å². The molecule has 1 aliphatic heterocycles. The highest BCUT2D eigenvalue weighted by Gasteiger charge is 2.30. The molecule has 0 saturated carbocycles. The second-order valence-corrected chi connectivity index (χ2v) is 9.89. The summed E-state index contributed by atoms with van der Waals surface area (Å²) in [6.07, 6.45) is 3.95. The van der Waals surface area contributed by atoms with Gasteiger partial charge in [0.25, 0.3) is 5.91 Å². The summed E-state index contributed by atoms with van der Waals surface area (Å²) in [6, 6.07) is 22.7. The average molecular weight is 517 g/mol. The van der Waals surface area contributed by atoms with Crippen molar-refractivity contribution in [2.24, 2.45) is 0 Å². The van der Waals surface area contributed by atoms with Crippen molar-refractivity contribution in [1.82, 2.24) is 5.32 Å². The lowest BCUT2D eigenvalue weighted by Gasteiger charge is -2.30. The van der Waals surface area contributed by atoms with Gasteiger partial charge in [-0.2, -0.15) is 0 Å². The van der Waals surface area contributed by atoms with Crippen LogP contribution in [0.4, 0.5) is 5.69 Å². The zero-order valence-corrected chi connectivity index (χ0v) is 22.2. The monoisotopic (exact) mass is 516 g/mol. The van der Waals surface area contributed by atoms with Crippen LogP contribution >= 0.6 is 11.8 Å². The fraction of sp³-hybridized carbons (Fsp3) is 0.267. The summed E-state index contributed by atoms with van der Waals surface area (Å²) in [5, 5.41) is 3.03. The molecule has 192 valence electrons. The molecular weight excluding hydrogens is 484 g/mol. The van der Waals surface area contributed by atoms with Gasteiger partial charge in [-0.15, -0.1) is 0 Å². The molecule has 0 saturated heterocycles. The Bertz CT molecular complexity index is 1260. The number of hydrogen-bond donors (Lipinski definition) is 1. The van der Waals surface area contributed by atoms with Crippen LogP contribution in [0.2, 0.25) is 0 Å². The van der Waals surface area contributed by atoms with Gasteiger partial charge in [0.15, 0.2) is 0 Å². The standard InChI is InChI=1S/C30H32N2O4S/c1-4-5-18-36-25-16-12-23(13-17-25)21(2)31-29(33)20-32-26-8-6-7-9-27(26)37-28(30(32)34)19-22-10-14-24(35-3)15-11-22/h6-17,19,21H,4-5,18,20H2,1-3H3,(H,31,33)/b28-19-/t21-/m0/s1. The smallest absolute Gasteiger partial charge is 0.265 e. The molecule has 0 aliphatic carbocycles. The molecule has 2 amide bonds. The Balaban J connectivity index is 1.46. The maximum Gasteiger partial charge on any atom is 0.265 e. The third kappa shape index (κ3) is 6.74. The highest BCUT2D eigenvalue weighted by atomic mass is 32.2. The van der Waals surface area contributed by atoms with Gasteiger partial charge in [0.1, 0.15) is 18.0 Å². The number of fused-ring (bicyclic) bond motifs is 1. The quantitative estimate of drug-likeness (QED) is 0.256. The molecule has 0 radical (unpaired) electrons. The van der Waals surface area contributed by atoms with Crippen LogP contribution in [-0.4, -0.2) is 32.1 Å². The molecule has 0 aromatic heterocycles. The SMILES string of the molecule is CCCCOc1ccc([C@H](C)NC(=O)CN2C(=O)/C(=C/c3ccc(OC)cc3)Sc3ccccc32)cc1. The molecule has 3 aromatic carbocycles. The third-order valence-corrected chi connectivity index (χ3v) is 7.15. The summed E-state index contributed by atoms with van der Waals surface area (Å²) >= 11 is 1.41. The van der Waals surface area contributed by atoms with E-state index >= 15 is 0 Å². The van der Waals surface area contributed by atoms with E-state index in [-0.39, 0.29) is 24.4 Å². The second-order valence-electron chi connectivity index (χ2n) is 8.80. The minimum Gasteiger partial charge on any atom is -0.497 e. The van der Waals surface area contributed by atoms with Crippen LogP contribution in [0, 0.1) is 0 Å². The normalized spacial score (nSPS) is 14.7. The molecule has 1 heterocycles. The summed E-state index contributed by atoms with van der Waals surface area (Å²) in [5.74, 6) is 1.15. The van der Waals surface area contributed by atoms with E-state index in [0.29, 0.717) is 11.5 Å². The van der Waals surface area contributed by atoms with Gasteiger partial charge >= 0.3 is 0 Å². The van der Waals surface area contributed by atoms with E-state index < -0.39 is 0 Å². The van der Waals surface area contributed by atoms with Crippen molar-refractivity contribution in [3.8, 4) is 11.5 Å².